The molecule has 0 radical (unpaired) electrons. The highest BCUT2D eigenvalue weighted by Crippen LogP contribution is 2.14. The van der Waals surface area contributed by atoms with E-state index in [4.69, 9.17) is 5.11 Å². The van der Waals surface area contributed by atoms with E-state index in [1.807, 2.05) is 0 Å². The molecule has 1 N–H and O–H groups in total. The van der Waals surface area contributed by atoms with Gasteiger partial charge in [0.15, 0.2) is 5.75 Å². The summed E-state index contributed by atoms with van der Waals surface area (Å²) < 4.78 is 1.70. The lowest BCUT2D eigenvalue weighted by Crippen LogP contribution is -1.86. The van der Waals surface area contributed by atoms with Gasteiger partial charge in [-0.1, -0.05) is 0 Å². The van der Waals surface area contributed by atoms with Crippen molar-refractivity contribution in [3.63, 3.8) is 0 Å². The molecule has 2 rings (SSSR count). The van der Waals surface area contributed by atoms with E-state index in [1.165, 1.54) is 0 Å². The largest absolute Gasteiger partial charge is 0.504 e. The molecule has 4 heteroatoms. The summed E-state index contributed by atoms with van der Waals surface area (Å²) in [6, 6.07) is 1.57. The quantitative estimate of drug-likeness (QED) is 0.570. The molecule has 0 aliphatic carbocycles. The molecule has 2 aromatic heterocycles. The van der Waals surface area contributed by atoms with Crippen LogP contribution in [0.4, 0.5) is 0 Å². The van der Waals surface area contributed by atoms with E-state index in [1.54, 1.807) is 29.1 Å². The van der Waals surface area contributed by atoms with Crippen LogP contribution in [0.25, 0.3) is 5.65 Å². The van der Waals surface area contributed by atoms with Gasteiger partial charge in [-0.2, -0.15) is 5.10 Å². The number of hydrogen-bond donors (Lipinski definition) is 1. The van der Waals surface area contributed by atoms with Gasteiger partial charge in [-0.3, -0.25) is 0 Å². The smallest absolute Gasteiger partial charge is 0.201 e. The second-order valence-electron chi connectivity index (χ2n) is 1.95. The van der Waals surface area contributed by atoms with Crippen LogP contribution in [0.5, 0.6) is 5.75 Å². The van der Waals surface area contributed by atoms with Gasteiger partial charge in [0.1, 0.15) is 0 Å². The Morgan fingerprint density at radius 3 is 3.10 bits per heavy atom. The Labute approximate surface area is 56.8 Å². The van der Waals surface area contributed by atoms with E-state index in [2.05, 4.69) is 10.2 Å². The van der Waals surface area contributed by atoms with Crippen LogP contribution in [0.2, 0.25) is 0 Å². The van der Waals surface area contributed by atoms with E-state index < -0.39 is 0 Å². The first kappa shape index (κ1) is 5.22. The van der Waals surface area contributed by atoms with Gasteiger partial charge in [0.25, 0.3) is 0 Å². The SMILES string of the molecule is Oc1ccn2ccnnc12. The van der Waals surface area contributed by atoms with Crippen LogP contribution in [0.1, 0.15) is 0 Å². The second-order valence-corrected chi connectivity index (χ2v) is 1.95. The van der Waals surface area contributed by atoms with Crippen LogP contribution in [0, 0.1) is 0 Å². The Kier molecular flexibility index (Phi) is 0.887. The summed E-state index contributed by atoms with van der Waals surface area (Å²) in [6.07, 6.45) is 5.01. The number of rotatable bonds is 0. The van der Waals surface area contributed by atoms with Crippen molar-refractivity contribution in [3.8, 4) is 5.75 Å². The molecule has 0 atom stereocenters. The maximum absolute atomic E-state index is 9.09. The van der Waals surface area contributed by atoms with Crippen LogP contribution in [0.15, 0.2) is 24.7 Å². The Bertz CT molecular complexity index is 355. The van der Waals surface area contributed by atoms with Crippen molar-refractivity contribution < 1.29 is 5.11 Å². The molecule has 2 heterocycles. The molecule has 2 aromatic rings. The van der Waals surface area contributed by atoms with Crippen LogP contribution in [0.3, 0.4) is 0 Å². The van der Waals surface area contributed by atoms with Gasteiger partial charge in [-0.25, -0.2) is 0 Å². The predicted molar refractivity (Wildman–Crippen MR) is 34.7 cm³/mol. The van der Waals surface area contributed by atoms with Gasteiger partial charge in [0.05, 0.1) is 6.20 Å². The van der Waals surface area contributed by atoms with Gasteiger partial charge in [-0.15, -0.1) is 5.10 Å². The molecule has 0 unspecified atom stereocenters. The molecule has 0 aliphatic rings. The van der Waals surface area contributed by atoms with Crippen LogP contribution >= 0.6 is 0 Å². The number of nitrogens with zero attached hydrogens (tertiary/aromatic N) is 3. The fraction of sp³-hybridized carbons (Fsp3) is 0. The van der Waals surface area contributed by atoms with Crippen molar-refractivity contribution in [2.75, 3.05) is 0 Å². The number of aromatic nitrogens is 3. The molecular weight excluding hydrogens is 130 g/mol. The zero-order chi connectivity index (χ0) is 6.97. The molecule has 10 heavy (non-hydrogen) atoms. The van der Waals surface area contributed by atoms with E-state index in [0.717, 1.165) is 0 Å². The lowest BCUT2D eigenvalue weighted by Gasteiger charge is -1.88. The zero-order valence-corrected chi connectivity index (χ0v) is 5.10. The summed E-state index contributed by atoms with van der Waals surface area (Å²) >= 11 is 0. The molecule has 50 valence electrons. The molecule has 0 fully saturated rings. The monoisotopic (exact) mass is 135 g/mol. The van der Waals surface area contributed by atoms with Crippen molar-refractivity contribution in [1.82, 2.24) is 14.6 Å². The van der Waals surface area contributed by atoms with Gasteiger partial charge >= 0.3 is 0 Å². The Balaban J connectivity index is 2.93. The van der Waals surface area contributed by atoms with Gasteiger partial charge in [-0.05, 0) is 0 Å². The maximum atomic E-state index is 9.09. The topological polar surface area (TPSA) is 50.4 Å². The van der Waals surface area contributed by atoms with E-state index in [9.17, 15) is 0 Å². The molecule has 0 aliphatic heterocycles. The summed E-state index contributed by atoms with van der Waals surface area (Å²) in [5.74, 6) is 0.160. The summed E-state index contributed by atoms with van der Waals surface area (Å²) in [7, 11) is 0. The first-order chi connectivity index (χ1) is 4.88. The summed E-state index contributed by atoms with van der Waals surface area (Å²) in [5.41, 5.74) is 0.488. The lowest BCUT2D eigenvalue weighted by atomic mass is 10.6. The highest BCUT2D eigenvalue weighted by molar-refractivity contribution is 5.52. The van der Waals surface area contributed by atoms with Crippen molar-refractivity contribution in [1.29, 1.82) is 0 Å². The highest BCUT2D eigenvalue weighted by Gasteiger charge is 1.98. The normalized spacial score (nSPS) is 10.4. The van der Waals surface area contributed by atoms with Crippen molar-refractivity contribution in [3.05, 3.63) is 24.7 Å². The van der Waals surface area contributed by atoms with Crippen LogP contribution in [-0.2, 0) is 0 Å². The summed E-state index contributed by atoms with van der Waals surface area (Å²) in [4.78, 5) is 0. The Morgan fingerprint density at radius 1 is 1.40 bits per heavy atom. The molecule has 0 aromatic carbocycles. The van der Waals surface area contributed by atoms with E-state index in [0.29, 0.717) is 5.65 Å². The third-order valence-electron chi connectivity index (χ3n) is 1.31. The standard InChI is InChI=1S/C6H5N3O/c10-5-1-3-9-4-2-7-8-6(5)9/h1-4,10H. The minimum atomic E-state index is 0.160. The zero-order valence-electron chi connectivity index (χ0n) is 5.10. The molecule has 0 amide bonds. The molecule has 4 nitrogen and oxygen atoms in total. The maximum Gasteiger partial charge on any atom is 0.201 e. The average Bonchev–Trinajstić information content (AvgIpc) is 2.34. The van der Waals surface area contributed by atoms with Gasteiger partial charge < -0.3 is 9.51 Å². The number of fused-ring (bicyclic) bond motifs is 1. The van der Waals surface area contributed by atoms with Crippen LogP contribution in [-0.4, -0.2) is 19.7 Å². The first-order valence-electron chi connectivity index (χ1n) is 2.85. The van der Waals surface area contributed by atoms with E-state index >= 15 is 0 Å². The highest BCUT2D eigenvalue weighted by atomic mass is 16.3. The minimum Gasteiger partial charge on any atom is -0.504 e. The fourth-order valence-electron chi connectivity index (χ4n) is 0.841. The minimum absolute atomic E-state index is 0.160. The number of hydrogen-bond acceptors (Lipinski definition) is 3. The summed E-state index contributed by atoms with van der Waals surface area (Å²) in [5, 5.41) is 16.4. The lowest BCUT2D eigenvalue weighted by molar-refractivity contribution is 0.480. The Hall–Kier alpha value is -1.58. The van der Waals surface area contributed by atoms with Gasteiger partial charge in [0, 0.05) is 18.5 Å². The third kappa shape index (κ3) is 0.556. The van der Waals surface area contributed by atoms with E-state index in [-0.39, 0.29) is 5.75 Å². The summed E-state index contributed by atoms with van der Waals surface area (Å²) in [6.45, 7) is 0. The predicted octanol–water partition coefficient (Wildman–Crippen LogP) is 0.435. The van der Waals surface area contributed by atoms with Crippen molar-refractivity contribution in [2.24, 2.45) is 0 Å². The van der Waals surface area contributed by atoms with Gasteiger partial charge in [0.2, 0.25) is 5.65 Å². The molecular formula is C6H5N3O. The average molecular weight is 135 g/mol. The van der Waals surface area contributed by atoms with Crippen molar-refractivity contribution >= 4 is 5.65 Å². The fourth-order valence-corrected chi connectivity index (χ4v) is 0.841. The molecule has 0 spiro atoms. The molecule has 0 bridgehead atoms. The van der Waals surface area contributed by atoms with Crippen molar-refractivity contribution in [2.45, 2.75) is 0 Å². The third-order valence-corrected chi connectivity index (χ3v) is 1.31. The molecule has 0 saturated carbocycles. The molecule has 0 saturated heterocycles. The Morgan fingerprint density at radius 2 is 2.30 bits per heavy atom. The first-order valence-corrected chi connectivity index (χ1v) is 2.85. The van der Waals surface area contributed by atoms with Crippen LogP contribution < -0.4 is 0 Å². The number of aromatic hydroxyl groups is 1. The second kappa shape index (κ2) is 1.70.